The van der Waals surface area contributed by atoms with Crippen LogP contribution in [0.2, 0.25) is 0 Å². The lowest BCUT2D eigenvalue weighted by Gasteiger charge is -2.12. The number of aryl methyl sites for hydroxylation is 3. The summed E-state index contributed by atoms with van der Waals surface area (Å²) in [6.45, 7) is 6.30. The van der Waals surface area contributed by atoms with Gasteiger partial charge in [-0.1, -0.05) is 0 Å². The number of nitro groups is 1. The van der Waals surface area contributed by atoms with E-state index in [1.165, 1.54) is 5.56 Å². The molecule has 1 aromatic carbocycles. The van der Waals surface area contributed by atoms with Crippen LogP contribution in [0.25, 0.3) is 0 Å². The molecule has 0 bridgehead atoms. The molecule has 0 unspecified atom stereocenters. The highest BCUT2D eigenvalue weighted by Gasteiger charge is 2.13. The van der Waals surface area contributed by atoms with Crippen molar-refractivity contribution in [2.45, 2.75) is 27.3 Å². The zero-order valence-electron chi connectivity index (χ0n) is 11.8. The van der Waals surface area contributed by atoms with E-state index in [0.29, 0.717) is 12.1 Å². The zero-order chi connectivity index (χ0) is 14.7. The van der Waals surface area contributed by atoms with Crippen molar-refractivity contribution in [3.05, 3.63) is 63.0 Å². The maximum Gasteiger partial charge on any atom is 0.272 e. The Kier molecular flexibility index (Phi) is 3.98. The molecule has 104 valence electrons. The molecule has 20 heavy (non-hydrogen) atoms. The van der Waals surface area contributed by atoms with Crippen LogP contribution in [0.3, 0.4) is 0 Å². The molecule has 0 saturated heterocycles. The molecule has 0 aliphatic carbocycles. The molecule has 0 spiro atoms. The van der Waals surface area contributed by atoms with E-state index >= 15 is 0 Å². The lowest BCUT2D eigenvalue weighted by Crippen LogP contribution is -2.04. The van der Waals surface area contributed by atoms with Crippen molar-refractivity contribution in [2.75, 3.05) is 5.32 Å². The SMILES string of the molecule is Cc1ccncc1CNc1cc(C)c([N+](=O)[O-])cc1C. The predicted molar refractivity (Wildman–Crippen MR) is 78.9 cm³/mol. The lowest BCUT2D eigenvalue weighted by molar-refractivity contribution is -0.385. The van der Waals surface area contributed by atoms with Crippen LogP contribution in [-0.4, -0.2) is 9.91 Å². The van der Waals surface area contributed by atoms with Gasteiger partial charge in [-0.05, 0) is 49.6 Å². The number of hydrogen-bond donors (Lipinski definition) is 1. The fourth-order valence-corrected chi connectivity index (χ4v) is 2.06. The second-order valence-electron chi connectivity index (χ2n) is 4.87. The van der Waals surface area contributed by atoms with Crippen LogP contribution >= 0.6 is 0 Å². The van der Waals surface area contributed by atoms with Gasteiger partial charge in [0.25, 0.3) is 5.69 Å². The number of hydrogen-bond acceptors (Lipinski definition) is 4. The van der Waals surface area contributed by atoms with E-state index in [9.17, 15) is 10.1 Å². The van der Waals surface area contributed by atoms with Crippen LogP contribution in [0.4, 0.5) is 11.4 Å². The third kappa shape index (κ3) is 2.93. The quantitative estimate of drug-likeness (QED) is 0.682. The molecule has 5 nitrogen and oxygen atoms in total. The summed E-state index contributed by atoms with van der Waals surface area (Å²) < 4.78 is 0. The van der Waals surface area contributed by atoms with Crippen LogP contribution in [0.5, 0.6) is 0 Å². The highest BCUT2D eigenvalue weighted by molar-refractivity contribution is 5.59. The zero-order valence-corrected chi connectivity index (χ0v) is 11.8. The Morgan fingerprint density at radius 2 is 1.95 bits per heavy atom. The summed E-state index contributed by atoms with van der Waals surface area (Å²) in [7, 11) is 0. The Hall–Kier alpha value is -2.43. The monoisotopic (exact) mass is 271 g/mol. The number of nitrogens with one attached hydrogen (secondary N) is 1. The first-order valence-electron chi connectivity index (χ1n) is 6.38. The average Bonchev–Trinajstić information content (AvgIpc) is 2.40. The third-order valence-corrected chi connectivity index (χ3v) is 3.36. The minimum atomic E-state index is -0.350. The first-order chi connectivity index (χ1) is 9.49. The van der Waals surface area contributed by atoms with Gasteiger partial charge in [-0.3, -0.25) is 15.1 Å². The van der Waals surface area contributed by atoms with Gasteiger partial charge in [-0.15, -0.1) is 0 Å². The van der Waals surface area contributed by atoms with Gasteiger partial charge in [0.2, 0.25) is 0 Å². The molecule has 1 heterocycles. The molecule has 0 aliphatic rings. The largest absolute Gasteiger partial charge is 0.381 e. The summed E-state index contributed by atoms with van der Waals surface area (Å²) in [6.07, 6.45) is 3.59. The number of benzene rings is 1. The lowest BCUT2D eigenvalue weighted by atomic mass is 10.1. The number of anilines is 1. The highest BCUT2D eigenvalue weighted by atomic mass is 16.6. The third-order valence-electron chi connectivity index (χ3n) is 3.36. The minimum Gasteiger partial charge on any atom is -0.381 e. The molecule has 0 amide bonds. The second kappa shape index (κ2) is 5.69. The van der Waals surface area contributed by atoms with E-state index in [-0.39, 0.29) is 10.6 Å². The van der Waals surface area contributed by atoms with Crippen molar-refractivity contribution >= 4 is 11.4 Å². The summed E-state index contributed by atoms with van der Waals surface area (Å²) in [5.41, 5.74) is 4.88. The first-order valence-corrected chi connectivity index (χ1v) is 6.38. The fourth-order valence-electron chi connectivity index (χ4n) is 2.06. The summed E-state index contributed by atoms with van der Waals surface area (Å²) in [5.74, 6) is 0. The average molecular weight is 271 g/mol. The van der Waals surface area contributed by atoms with E-state index in [0.717, 1.165) is 16.8 Å². The number of rotatable bonds is 4. The van der Waals surface area contributed by atoms with E-state index in [1.54, 1.807) is 19.2 Å². The van der Waals surface area contributed by atoms with Crippen molar-refractivity contribution in [1.29, 1.82) is 0 Å². The van der Waals surface area contributed by atoms with Crippen molar-refractivity contribution in [3.63, 3.8) is 0 Å². The Balaban J connectivity index is 2.21. The van der Waals surface area contributed by atoms with Gasteiger partial charge in [0.05, 0.1) is 4.92 Å². The number of nitro benzene ring substituents is 1. The minimum absolute atomic E-state index is 0.158. The van der Waals surface area contributed by atoms with Crippen molar-refractivity contribution < 1.29 is 4.92 Å². The Morgan fingerprint density at radius 3 is 2.60 bits per heavy atom. The second-order valence-corrected chi connectivity index (χ2v) is 4.87. The van der Waals surface area contributed by atoms with Gasteiger partial charge in [0.15, 0.2) is 0 Å². The number of nitrogens with zero attached hydrogens (tertiary/aromatic N) is 2. The van der Waals surface area contributed by atoms with E-state index in [2.05, 4.69) is 10.3 Å². The molecule has 0 aliphatic heterocycles. The number of aromatic nitrogens is 1. The summed E-state index contributed by atoms with van der Waals surface area (Å²) in [6, 6.07) is 5.39. The van der Waals surface area contributed by atoms with Gasteiger partial charge >= 0.3 is 0 Å². The van der Waals surface area contributed by atoms with Gasteiger partial charge in [0.1, 0.15) is 0 Å². The molecule has 1 N–H and O–H groups in total. The van der Waals surface area contributed by atoms with Gasteiger partial charge in [-0.2, -0.15) is 0 Å². The Bertz CT molecular complexity index is 654. The van der Waals surface area contributed by atoms with Crippen molar-refractivity contribution in [2.24, 2.45) is 0 Å². The predicted octanol–water partition coefficient (Wildman–Crippen LogP) is 3.53. The van der Waals surface area contributed by atoms with E-state index in [1.807, 2.05) is 32.2 Å². The smallest absolute Gasteiger partial charge is 0.272 e. The van der Waals surface area contributed by atoms with Crippen LogP contribution in [0.15, 0.2) is 30.6 Å². The summed E-state index contributed by atoms with van der Waals surface area (Å²) >= 11 is 0. The molecule has 5 heteroatoms. The molecule has 0 atom stereocenters. The summed E-state index contributed by atoms with van der Waals surface area (Å²) in [5, 5.41) is 14.2. The highest BCUT2D eigenvalue weighted by Crippen LogP contribution is 2.26. The molecule has 0 fully saturated rings. The number of pyridine rings is 1. The van der Waals surface area contributed by atoms with Crippen LogP contribution in [-0.2, 0) is 6.54 Å². The molecule has 0 saturated carbocycles. The Morgan fingerprint density at radius 1 is 1.20 bits per heavy atom. The molecule has 1 aromatic heterocycles. The van der Waals surface area contributed by atoms with Gasteiger partial charge < -0.3 is 5.32 Å². The molecular weight excluding hydrogens is 254 g/mol. The molecule has 0 radical (unpaired) electrons. The van der Waals surface area contributed by atoms with Crippen LogP contribution in [0.1, 0.15) is 22.3 Å². The maximum atomic E-state index is 10.9. The van der Waals surface area contributed by atoms with Crippen molar-refractivity contribution in [1.82, 2.24) is 4.98 Å². The topological polar surface area (TPSA) is 68.1 Å². The Labute approximate surface area is 117 Å². The standard InChI is InChI=1S/C15H17N3O2/c1-10-4-5-16-8-13(10)9-17-14-6-12(3)15(18(19)20)7-11(14)2/h4-8,17H,9H2,1-3H3. The first kappa shape index (κ1) is 14.0. The van der Waals surface area contributed by atoms with Gasteiger partial charge in [0, 0.05) is 36.3 Å². The summed E-state index contributed by atoms with van der Waals surface area (Å²) in [4.78, 5) is 14.6. The molecule has 2 rings (SSSR count). The van der Waals surface area contributed by atoms with Crippen molar-refractivity contribution in [3.8, 4) is 0 Å². The van der Waals surface area contributed by atoms with Crippen LogP contribution < -0.4 is 5.32 Å². The van der Waals surface area contributed by atoms with Crippen LogP contribution in [0, 0.1) is 30.9 Å². The fraction of sp³-hybridized carbons (Fsp3) is 0.267. The van der Waals surface area contributed by atoms with E-state index < -0.39 is 0 Å². The van der Waals surface area contributed by atoms with Gasteiger partial charge in [-0.25, -0.2) is 0 Å². The maximum absolute atomic E-state index is 10.9. The van der Waals surface area contributed by atoms with E-state index in [4.69, 9.17) is 0 Å². The molecule has 2 aromatic rings. The normalized spacial score (nSPS) is 10.3. The molecular formula is C15H17N3O2.